The van der Waals surface area contributed by atoms with Crippen molar-refractivity contribution >= 4 is 17.3 Å². The van der Waals surface area contributed by atoms with E-state index in [1.54, 1.807) is 25.1 Å². The van der Waals surface area contributed by atoms with Crippen molar-refractivity contribution < 1.29 is 19.4 Å². The number of H-pyrrole nitrogens is 1. The zero-order valence-corrected chi connectivity index (χ0v) is 19.6. The van der Waals surface area contributed by atoms with Gasteiger partial charge in [-0.3, -0.25) is 20.7 Å². The number of rotatable bonds is 6. The van der Waals surface area contributed by atoms with Gasteiger partial charge in [-0.15, -0.1) is 0 Å². The molecule has 0 amide bonds. The van der Waals surface area contributed by atoms with Crippen LogP contribution in [-0.2, 0) is 11.8 Å². The van der Waals surface area contributed by atoms with Crippen LogP contribution in [0.25, 0.3) is 17.0 Å². The first kappa shape index (κ1) is 22.4. The molecule has 0 atom stereocenters. The number of hydrazine groups is 1. The van der Waals surface area contributed by atoms with Crippen molar-refractivity contribution in [3.8, 4) is 22.8 Å². The van der Waals surface area contributed by atoms with Gasteiger partial charge in [-0.1, -0.05) is 26.0 Å². The topological polar surface area (TPSA) is 133 Å². The van der Waals surface area contributed by atoms with Gasteiger partial charge in [-0.05, 0) is 72.7 Å². The minimum Gasteiger partial charge on any atom is -0.505 e. The van der Waals surface area contributed by atoms with E-state index in [0.717, 1.165) is 18.5 Å². The lowest BCUT2D eigenvalue weighted by molar-refractivity contribution is 0.0663. The summed E-state index contributed by atoms with van der Waals surface area (Å²) in [4.78, 5) is 24.3. The van der Waals surface area contributed by atoms with E-state index in [1.807, 2.05) is 6.07 Å². The van der Waals surface area contributed by atoms with Gasteiger partial charge in [0.05, 0.1) is 22.6 Å². The van der Waals surface area contributed by atoms with Crippen LogP contribution in [0, 0.1) is 6.92 Å². The van der Waals surface area contributed by atoms with Gasteiger partial charge in [0, 0.05) is 0 Å². The number of hydrogen-bond acceptors (Lipinski definition) is 6. The summed E-state index contributed by atoms with van der Waals surface area (Å²) in [7, 11) is 0. The van der Waals surface area contributed by atoms with Crippen LogP contribution in [-0.4, -0.2) is 26.0 Å². The second-order valence-corrected chi connectivity index (χ2v) is 9.40. The third-order valence-corrected chi connectivity index (χ3v) is 6.61. The summed E-state index contributed by atoms with van der Waals surface area (Å²) in [6, 6.07) is 13.8. The van der Waals surface area contributed by atoms with E-state index in [0.29, 0.717) is 22.6 Å². The van der Waals surface area contributed by atoms with Crippen molar-refractivity contribution in [2.24, 2.45) is 0 Å². The first-order valence-electron chi connectivity index (χ1n) is 11.3. The van der Waals surface area contributed by atoms with Gasteiger partial charge in [0.2, 0.25) is 5.76 Å². The van der Waals surface area contributed by atoms with Gasteiger partial charge in [0.15, 0.2) is 5.75 Å². The summed E-state index contributed by atoms with van der Waals surface area (Å²) in [6.07, 6.45) is 2.12. The first-order valence-corrected chi connectivity index (χ1v) is 11.3. The standard InChI is InChI=1S/C26H26N4O5/c1-14-22(24(32)30(29-14)16-8-7-15-11-12-26(2,3)18(15)13-16)28-27-19-6-4-5-17(23(19)31)20-9-10-21(35-20)25(33)34/h4-10,13,27-29,31H,11-12H2,1-3H3,(H,33,34). The van der Waals surface area contributed by atoms with Crippen molar-refractivity contribution in [3.05, 3.63) is 81.5 Å². The van der Waals surface area contributed by atoms with Crippen LogP contribution < -0.4 is 16.4 Å². The summed E-state index contributed by atoms with van der Waals surface area (Å²) >= 11 is 0. The average Bonchev–Trinajstić information content (AvgIpc) is 3.50. The molecule has 0 aliphatic heterocycles. The maximum absolute atomic E-state index is 13.2. The van der Waals surface area contributed by atoms with Crippen LogP contribution in [0.15, 0.2) is 57.7 Å². The molecule has 5 rings (SSSR count). The molecule has 1 aliphatic rings. The Balaban J connectivity index is 1.41. The van der Waals surface area contributed by atoms with E-state index in [1.165, 1.54) is 27.9 Å². The number of benzene rings is 2. The molecule has 2 aromatic carbocycles. The lowest BCUT2D eigenvalue weighted by Gasteiger charge is -2.19. The minimum absolute atomic E-state index is 0.0704. The largest absolute Gasteiger partial charge is 0.505 e. The number of carboxylic acid groups (broad SMARTS) is 1. The second kappa shape index (κ2) is 8.12. The molecule has 9 heteroatoms. The Morgan fingerprint density at radius 3 is 2.69 bits per heavy atom. The average molecular weight is 475 g/mol. The van der Waals surface area contributed by atoms with Gasteiger partial charge in [0.25, 0.3) is 5.56 Å². The highest BCUT2D eigenvalue weighted by atomic mass is 16.4. The third kappa shape index (κ3) is 3.84. The van der Waals surface area contributed by atoms with E-state index in [2.05, 4.69) is 41.9 Å². The highest BCUT2D eigenvalue weighted by molar-refractivity contribution is 5.86. The van der Waals surface area contributed by atoms with Crippen LogP contribution in [0.1, 0.15) is 47.6 Å². The molecule has 0 saturated carbocycles. The number of aryl methyl sites for hydroxylation is 2. The van der Waals surface area contributed by atoms with Crippen molar-refractivity contribution in [1.29, 1.82) is 0 Å². The Hall–Kier alpha value is -4.40. The molecule has 0 bridgehead atoms. The Labute approximate surface area is 201 Å². The van der Waals surface area contributed by atoms with E-state index in [9.17, 15) is 14.7 Å². The lowest BCUT2D eigenvalue weighted by atomic mass is 9.86. The normalized spacial score (nSPS) is 14.0. The summed E-state index contributed by atoms with van der Waals surface area (Å²) in [6.45, 7) is 6.22. The van der Waals surface area contributed by atoms with Crippen LogP contribution in [0.5, 0.6) is 5.75 Å². The summed E-state index contributed by atoms with van der Waals surface area (Å²) in [5.74, 6) is -1.36. The van der Waals surface area contributed by atoms with E-state index in [-0.39, 0.29) is 28.2 Å². The number of nitrogens with one attached hydrogen (secondary N) is 3. The fraction of sp³-hybridized carbons (Fsp3) is 0.231. The minimum atomic E-state index is -1.20. The number of aromatic carboxylic acids is 1. The summed E-state index contributed by atoms with van der Waals surface area (Å²) in [5, 5.41) is 22.9. The molecule has 0 radical (unpaired) electrons. The van der Waals surface area contributed by atoms with Crippen LogP contribution >= 0.6 is 0 Å². The fourth-order valence-electron chi connectivity index (χ4n) is 4.58. The molecule has 9 nitrogen and oxygen atoms in total. The Bertz CT molecular complexity index is 1510. The predicted molar refractivity (Wildman–Crippen MR) is 132 cm³/mol. The molecule has 2 aromatic heterocycles. The van der Waals surface area contributed by atoms with Gasteiger partial charge >= 0.3 is 5.97 Å². The number of hydrogen-bond donors (Lipinski definition) is 5. The van der Waals surface area contributed by atoms with E-state index in [4.69, 9.17) is 9.52 Å². The maximum atomic E-state index is 13.2. The van der Waals surface area contributed by atoms with Crippen molar-refractivity contribution in [1.82, 2.24) is 9.78 Å². The van der Waals surface area contributed by atoms with Crippen molar-refractivity contribution in [2.45, 2.75) is 39.0 Å². The zero-order valence-electron chi connectivity index (χ0n) is 19.6. The van der Waals surface area contributed by atoms with Gasteiger partial charge < -0.3 is 14.6 Å². The highest BCUT2D eigenvalue weighted by Crippen LogP contribution is 2.39. The molecule has 0 unspecified atom stereocenters. The van der Waals surface area contributed by atoms with Gasteiger partial charge in [-0.2, -0.15) is 0 Å². The lowest BCUT2D eigenvalue weighted by Crippen LogP contribution is -2.21. The van der Waals surface area contributed by atoms with Crippen LogP contribution in [0.2, 0.25) is 0 Å². The Morgan fingerprint density at radius 2 is 1.94 bits per heavy atom. The van der Waals surface area contributed by atoms with Crippen molar-refractivity contribution in [3.63, 3.8) is 0 Å². The smallest absolute Gasteiger partial charge is 0.371 e. The molecule has 5 N–H and O–H groups in total. The van der Waals surface area contributed by atoms with Crippen LogP contribution in [0.3, 0.4) is 0 Å². The van der Waals surface area contributed by atoms with Crippen molar-refractivity contribution in [2.75, 3.05) is 10.9 Å². The number of carbonyl (C=O) groups is 1. The molecule has 0 fully saturated rings. The van der Waals surface area contributed by atoms with E-state index >= 15 is 0 Å². The SMILES string of the molecule is Cc1[nH]n(-c2ccc3c(c2)C(C)(C)CC3)c(=O)c1NNc1cccc(-c2ccc(C(=O)O)o2)c1O. The Morgan fingerprint density at radius 1 is 1.14 bits per heavy atom. The van der Waals surface area contributed by atoms with Crippen LogP contribution in [0.4, 0.5) is 11.4 Å². The second-order valence-electron chi connectivity index (χ2n) is 9.40. The molecule has 4 aromatic rings. The number of phenols is 1. The highest BCUT2D eigenvalue weighted by Gasteiger charge is 2.30. The molecular weight excluding hydrogens is 448 g/mol. The number of aromatic hydroxyl groups is 1. The number of phenolic OH excluding ortho intramolecular Hbond substituents is 1. The summed E-state index contributed by atoms with van der Waals surface area (Å²) < 4.78 is 6.80. The molecule has 35 heavy (non-hydrogen) atoms. The third-order valence-electron chi connectivity index (χ3n) is 6.61. The molecule has 180 valence electrons. The number of anilines is 2. The molecular formula is C26H26N4O5. The summed E-state index contributed by atoms with van der Waals surface area (Å²) in [5.41, 5.74) is 10.5. The number of carboxylic acids is 1. The van der Waals surface area contributed by atoms with Gasteiger partial charge in [0.1, 0.15) is 11.4 Å². The molecule has 0 saturated heterocycles. The zero-order chi connectivity index (χ0) is 24.9. The Kier molecular flexibility index (Phi) is 5.20. The number of para-hydroxylation sites is 1. The molecule has 1 aliphatic carbocycles. The molecule has 0 spiro atoms. The first-order chi connectivity index (χ1) is 16.7. The number of aromatic amines is 1. The maximum Gasteiger partial charge on any atom is 0.371 e. The number of furan rings is 1. The monoisotopic (exact) mass is 474 g/mol. The number of aromatic nitrogens is 2. The molecule has 2 heterocycles. The quantitative estimate of drug-likeness (QED) is 0.200. The van der Waals surface area contributed by atoms with Gasteiger partial charge in [-0.25, -0.2) is 9.48 Å². The fourth-order valence-corrected chi connectivity index (χ4v) is 4.58. The number of nitrogens with zero attached hydrogens (tertiary/aromatic N) is 1. The number of fused-ring (bicyclic) bond motifs is 1. The predicted octanol–water partition coefficient (Wildman–Crippen LogP) is 4.80. The van der Waals surface area contributed by atoms with E-state index < -0.39 is 5.97 Å².